The van der Waals surface area contributed by atoms with Gasteiger partial charge in [0.05, 0.1) is 6.54 Å². The van der Waals surface area contributed by atoms with Gasteiger partial charge >= 0.3 is 30.1 Å². The Labute approximate surface area is 395 Å². The second-order valence-electron chi connectivity index (χ2n) is 20.2. The summed E-state index contributed by atoms with van der Waals surface area (Å²) in [6.45, 7) is 17.9. The van der Waals surface area contributed by atoms with E-state index in [1.807, 2.05) is 58.6 Å². The Bertz CT molecular complexity index is 1860. The normalized spacial score (nSPS) is 22.3. The lowest BCUT2D eigenvalue weighted by Crippen LogP contribution is -2.45. The number of fused-ring (bicyclic) bond motifs is 3. The summed E-state index contributed by atoms with van der Waals surface area (Å²) >= 11 is 0. The van der Waals surface area contributed by atoms with Gasteiger partial charge in [0.25, 0.3) is 0 Å². The number of esters is 1. The van der Waals surface area contributed by atoms with E-state index in [2.05, 4.69) is 21.0 Å². The fourth-order valence-corrected chi connectivity index (χ4v) is 8.99. The van der Waals surface area contributed by atoms with Crippen molar-refractivity contribution in [3.63, 3.8) is 0 Å². The van der Waals surface area contributed by atoms with Crippen molar-refractivity contribution in [1.82, 2.24) is 45.1 Å². The van der Waals surface area contributed by atoms with Gasteiger partial charge in [-0.1, -0.05) is 0 Å². The standard InChI is InChI=1S/C46H76N10O11/c1-44(2,3)66-42(63)53-20-11-18-51(22-24-54(19-10-14-47-16-21-53)43(64)67-45(4,5)6)17-8-7-13-38(57)48-15-9-12-34-26-36-46-28-35(30-55(46)33-41(62)65-46)29-52(31-39(58)59)23-25-56(32-40(60)61)50-37(27-34)49-36/h26-27,35,47H,7-25,28-33H2,1-6H3,(H,48,57)(H,49,50)(H,58,59)(H,60,61)/t35-,46-/m0/s1. The first-order chi connectivity index (χ1) is 31.7. The number of pyridine rings is 1. The van der Waals surface area contributed by atoms with Crippen LogP contribution < -0.4 is 16.1 Å². The van der Waals surface area contributed by atoms with Gasteiger partial charge in [-0.05, 0) is 123 Å². The summed E-state index contributed by atoms with van der Waals surface area (Å²) in [7, 11) is 0. The molecule has 0 unspecified atom stereocenters. The third kappa shape index (κ3) is 17.6. The lowest BCUT2D eigenvalue weighted by atomic mass is 9.97. The predicted molar refractivity (Wildman–Crippen MR) is 248 cm³/mol. The summed E-state index contributed by atoms with van der Waals surface area (Å²) in [5.41, 5.74) is 2.16. The minimum atomic E-state index is -1.13. The number of amides is 3. The van der Waals surface area contributed by atoms with E-state index in [4.69, 9.17) is 19.2 Å². The summed E-state index contributed by atoms with van der Waals surface area (Å²) in [5.74, 6) is -2.12. The molecule has 1 aromatic heterocycles. The number of anilines is 1. The van der Waals surface area contributed by atoms with Gasteiger partial charge in [0.1, 0.15) is 35.8 Å². The topological polar surface area (TPSA) is 239 Å². The molecule has 2 atom stereocenters. The zero-order valence-electron chi connectivity index (χ0n) is 40.6. The highest BCUT2D eigenvalue weighted by Gasteiger charge is 2.56. The van der Waals surface area contributed by atoms with Gasteiger partial charge in [-0.15, -0.1) is 0 Å². The highest BCUT2D eigenvalue weighted by Crippen LogP contribution is 2.46. The first-order valence-electron chi connectivity index (χ1n) is 24.0. The Kier molecular flexibility index (Phi) is 19.4. The number of carboxylic acids is 2. The molecule has 5 heterocycles. The lowest BCUT2D eigenvalue weighted by Gasteiger charge is -2.32. The number of aromatic nitrogens is 1. The third-order valence-corrected chi connectivity index (χ3v) is 11.9. The van der Waals surface area contributed by atoms with E-state index in [0.717, 1.165) is 18.4 Å². The number of hydrogen-bond donors (Lipinski definition) is 5. The van der Waals surface area contributed by atoms with E-state index in [1.165, 1.54) is 5.01 Å². The highest BCUT2D eigenvalue weighted by molar-refractivity contribution is 5.76. The van der Waals surface area contributed by atoms with Crippen LogP contribution in [0.2, 0.25) is 0 Å². The van der Waals surface area contributed by atoms with Crippen LogP contribution in [0, 0.1) is 5.92 Å². The first kappa shape index (κ1) is 53.1. The summed E-state index contributed by atoms with van der Waals surface area (Å²) in [6.07, 6.45) is 4.13. The lowest BCUT2D eigenvalue weighted by molar-refractivity contribution is -0.154. The molecule has 5 N–H and O–H groups in total. The van der Waals surface area contributed by atoms with Crippen molar-refractivity contribution in [2.24, 2.45) is 5.92 Å². The van der Waals surface area contributed by atoms with Gasteiger partial charge in [0.2, 0.25) is 11.6 Å². The van der Waals surface area contributed by atoms with Gasteiger partial charge in [-0.2, -0.15) is 0 Å². The summed E-state index contributed by atoms with van der Waals surface area (Å²) in [4.78, 5) is 90.1. The maximum Gasteiger partial charge on any atom is 0.410 e. The third-order valence-electron chi connectivity index (χ3n) is 11.9. The highest BCUT2D eigenvalue weighted by atomic mass is 16.6. The molecule has 4 bridgehead atoms. The number of unbranched alkanes of at least 4 members (excludes halogenated alkanes) is 1. The number of ether oxygens (including phenoxy) is 3. The fourth-order valence-electron chi connectivity index (χ4n) is 8.99. The molecule has 0 saturated carbocycles. The minimum absolute atomic E-state index is 0.0207. The van der Waals surface area contributed by atoms with Crippen molar-refractivity contribution in [1.29, 1.82) is 0 Å². The molecule has 67 heavy (non-hydrogen) atoms. The van der Waals surface area contributed by atoms with Crippen molar-refractivity contribution in [3.8, 4) is 0 Å². The molecule has 1 aromatic rings. The average molecular weight is 945 g/mol. The number of carboxylic acid groups (broad SMARTS) is 2. The van der Waals surface area contributed by atoms with Crippen molar-refractivity contribution in [2.75, 3.05) is 117 Å². The average Bonchev–Trinajstić information content (AvgIpc) is 3.71. The molecule has 3 fully saturated rings. The maximum atomic E-state index is 13.2. The van der Waals surface area contributed by atoms with Crippen LogP contribution in [0.1, 0.15) is 97.7 Å². The summed E-state index contributed by atoms with van der Waals surface area (Å²) in [5, 5.41) is 27.2. The monoisotopic (exact) mass is 945 g/mol. The Hall–Kier alpha value is -4.83. The summed E-state index contributed by atoms with van der Waals surface area (Å²) < 4.78 is 17.5. The molecule has 0 aromatic carbocycles. The predicted octanol–water partition coefficient (Wildman–Crippen LogP) is 2.61. The quantitative estimate of drug-likeness (QED) is 0.109. The van der Waals surface area contributed by atoms with E-state index in [1.54, 1.807) is 14.7 Å². The Morgan fingerprint density at radius 1 is 0.806 bits per heavy atom. The van der Waals surface area contributed by atoms with Crippen LogP contribution in [-0.2, 0) is 45.5 Å². The number of aryl methyl sites for hydroxylation is 1. The largest absolute Gasteiger partial charge is 0.480 e. The molecule has 21 nitrogen and oxygen atoms in total. The Balaban J connectivity index is 1.16. The van der Waals surface area contributed by atoms with Crippen LogP contribution in [0.5, 0.6) is 0 Å². The van der Waals surface area contributed by atoms with Crippen LogP contribution in [0.4, 0.5) is 15.4 Å². The number of carbonyl (C=O) groups is 6. The number of nitrogens with one attached hydrogen (secondary N) is 3. The van der Waals surface area contributed by atoms with E-state index in [0.29, 0.717) is 135 Å². The van der Waals surface area contributed by atoms with Gasteiger partial charge < -0.3 is 55.2 Å². The van der Waals surface area contributed by atoms with Gasteiger partial charge in [-0.25, -0.2) is 24.5 Å². The number of nitrogens with zero attached hydrogens (tertiary/aromatic N) is 7. The molecule has 21 heteroatoms. The van der Waals surface area contributed by atoms with Crippen LogP contribution in [0.25, 0.3) is 0 Å². The zero-order valence-corrected chi connectivity index (χ0v) is 40.6. The second-order valence-corrected chi connectivity index (χ2v) is 20.2. The molecule has 3 saturated heterocycles. The van der Waals surface area contributed by atoms with Crippen LogP contribution in [0.15, 0.2) is 12.1 Å². The number of hydrogen-bond acceptors (Lipinski definition) is 16. The molecule has 0 radical (unpaired) electrons. The minimum Gasteiger partial charge on any atom is -0.480 e. The molecule has 1 spiro atoms. The van der Waals surface area contributed by atoms with Crippen LogP contribution in [-0.4, -0.2) is 203 Å². The zero-order chi connectivity index (χ0) is 48.8. The smallest absolute Gasteiger partial charge is 0.410 e. The number of hydrazine groups is 1. The van der Waals surface area contributed by atoms with E-state index >= 15 is 0 Å². The van der Waals surface area contributed by atoms with Crippen molar-refractivity contribution in [2.45, 2.75) is 110 Å². The van der Waals surface area contributed by atoms with Crippen molar-refractivity contribution in [3.05, 3.63) is 23.4 Å². The van der Waals surface area contributed by atoms with E-state index < -0.39 is 28.9 Å². The van der Waals surface area contributed by atoms with Gasteiger partial charge in [0.15, 0.2) is 0 Å². The molecule has 3 amide bonds. The van der Waals surface area contributed by atoms with E-state index in [9.17, 15) is 39.0 Å². The van der Waals surface area contributed by atoms with Crippen molar-refractivity contribution < 1.29 is 53.2 Å². The molecule has 4 aliphatic rings. The van der Waals surface area contributed by atoms with Crippen molar-refractivity contribution >= 4 is 41.8 Å². The first-order valence-corrected chi connectivity index (χ1v) is 24.0. The van der Waals surface area contributed by atoms with Gasteiger partial charge in [-0.3, -0.25) is 24.1 Å². The Morgan fingerprint density at radius 3 is 2.19 bits per heavy atom. The molecule has 0 aliphatic carbocycles. The Morgan fingerprint density at radius 2 is 1.49 bits per heavy atom. The van der Waals surface area contributed by atoms with Crippen LogP contribution in [0.3, 0.4) is 0 Å². The summed E-state index contributed by atoms with van der Waals surface area (Å²) in [6, 6.07) is 3.73. The molecular weight excluding hydrogens is 869 g/mol. The molecule has 376 valence electrons. The van der Waals surface area contributed by atoms with E-state index in [-0.39, 0.29) is 56.2 Å². The fraction of sp³-hybridized carbons (Fsp3) is 0.761. The number of aliphatic carboxylic acids is 2. The number of carbonyl (C=O) groups excluding carboxylic acids is 4. The molecule has 4 aliphatic heterocycles. The SMILES string of the molecule is CC(C)(C)OC(=O)N1CCCN(CCCCC(=O)NCCCc2cc3nc(c2)[C@@]24C[C@@H](CN(CC(=O)O)CCN(CC(=O)O)N3)CN2CC(=O)O4)CCN(C(=O)OC(C)(C)C)CCCNCC1. The number of rotatable bonds is 13. The van der Waals surface area contributed by atoms with Gasteiger partial charge in [0, 0.05) is 84.8 Å². The molecule has 5 rings (SSSR count). The molecular formula is C46H76N10O11. The van der Waals surface area contributed by atoms with Crippen LogP contribution >= 0.6 is 0 Å². The maximum absolute atomic E-state index is 13.2. The second kappa shape index (κ2) is 24.5.